The second kappa shape index (κ2) is 9.11. The van der Waals surface area contributed by atoms with Crippen molar-refractivity contribution in [2.45, 2.75) is 25.3 Å². The summed E-state index contributed by atoms with van der Waals surface area (Å²) in [6.07, 6.45) is 1.35. The summed E-state index contributed by atoms with van der Waals surface area (Å²) in [4.78, 5) is 28.4. The molecule has 0 aliphatic carbocycles. The van der Waals surface area contributed by atoms with E-state index in [0.717, 1.165) is 10.0 Å². The molecule has 9 heteroatoms. The van der Waals surface area contributed by atoms with E-state index < -0.39 is 21.4 Å². The first-order valence-corrected chi connectivity index (χ1v) is 11.7. The molecule has 1 amide bonds. The third-order valence-electron chi connectivity index (χ3n) is 4.78. The molecular formula is C21H22BrN3O4S. The van der Waals surface area contributed by atoms with Gasteiger partial charge in [0.25, 0.3) is 5.91 Å². The maximum atomic E-state index is 12.9. The molecule has 0 unspecified atom stereocenters. The number of hydrogen-bond donors (Lipinski definition) is 2. The van der Waals surface area contributed by atoms with E-state index in [-0.39, 0.29) is 22.4 Å². The van der Waals surface area contributed by atoms with Crippen LogP contribution in [0.2, 0.25) is 0 Å². The van der Waals surface area contributed by atoms with E-state index in [4.69, 9.17) is 0 Å². The van der Waals surface area contributed by atoms with E-state index in [0.29, 0.717) is 18.6 Å². The first kappa shape index (κ1) is 22.2. The second-order valence-electron chi connectivity index (χ2n) is 6.64. The van der Waals surface area contributed by atoms with Gasteiger partial charge in [-0.2, -0.15) is 4.31 Å². The summed E-state index contributed by atoms with van der Waals surface area (Å²) in [5, 5.41) is 2.87. The summed E-state index contributed by atoms with van der Waals surface area (Å²) >= 11 is 3.38. The number of hydrogen-bond acceptors (Lipinski definition) is 4. The summed E-state index contributed by atoms with van der Waals surface area (Å²) in [5.74, 6) is -0.532. The lowest BCUT2D eigenvalue weighted by Gasteiger charge is -2.18. The highest BCUT2D eigenvalue weighted by Crippen LogP contribution is 2.19. The third-order valence-corrected chi connectivity index (χ3v) is 7.32. The van der Waals surface area contributed by atoms with Gasteiger partial charge in [0, 0.05) is 41.2 Å². The number of amides is 1. The molecule has 2 aromatic carbocycles. The van der Waals surface area contributed by atoms with Gasteiger partial charge in [0.05, 0.1) is 4.90 Å². The Kier molecular flexibility index (Phi) is 6.74. The maximum Gasteiger partial charge on any atom is 0.257 e. The van der Waals surface area contributed by atoms with Crippen LogP contribution in [-0.4, -0.2) is 36.7 Å². The number of fused-ring (bicyclic) bond motifs is 1. The largest absolute Gasteiger partial charge is 0.360 e. The summed E-state index contributed by atoms with van der Waals surface area (Å²) in [6, 6.07) is 11.8. The van der Waals surface area contributed by atoms with Crippen molar-refractivity contribution in [3.05, 3.63) is 74.5 Å². The van der Waals surface area contributed by atoms with Crippen LogP contribution in [-0.2, 0) is 16.6 Å². The highest BCUT2D eigenvalue weighted by molar-refractivity contribution is 9.10. The van der Waals surface area contributed by atoms with E-state index in [2.05, 4.69) is 26.2 Å². The number of carbonyl (C=O) groups excluding carboxylic acids is 1. The van der Waals surface area contributed by atoms with Gasteiger partial charge < -0.3 is 10.3 Å². The molecule has 0 radical (unpaired) electrons. The topological polar surface area (TPSA) is 99.3 Å². The third kappa shape index (κ3) is 4.48. The molecule has 3 aromatic rings. The number of aromatic amines is 1. The quantitative estimate of drug-likeness (QED) is 0.529. The first-order valence-electron chi connectivity index (χ1n) is 9.46. The van der Waals surface area contributed by atoms with Crippen LogP contribution >= 0.6 is 15.9 Å². The van der Waals surface area contributed by atoms with Gasteiger partial charge in [0.1, 0.15) is 5.56 Å². The second-order valence-corrected chi connectivity index (χ2v) is 9.49. The number of benzene rings is 2. The molecule has 0 saturated heterocycles. The number of aromatic nitrogens is 1. The highest BCUT2D eigenvalue weighted by Gasteiger charge is 2.23. The SMILES string of the molecule is CCN(CC)S(=O)(=O)c1ccc2[nH]cc(C(=O)NCc3cccc(Br)c3)c(=O)c2c1. The number of nitrogens with zero attached hydrogens (tertiary/aromatic N) is 1. The van der Waals surface area contributed by atoms with Crippen molar-refractivity contribution in [2.75, 3.05) is 13.1 Å². The van der Waals surface area contributed by atoms with Crippen LogP contribution in [0.5, 0.6) is 0 Å². The zero-order chi connectivity index (χ0) is 21.9. The molecule has 1 heterocycles. The molecule has 0 saturated carbocycles. The van der Waals surface area contributed by atoms with Gasteiger partial charge in [-0.05, 0) is 35.9 Å². The highest BCUT2D eigenvalue weighted by atomic mass is 79.9. The van der Waals surface area contributed by atoms with Gasteiger partial charge in [-0.25, -0.2) is 8.42 Å². The predicted molar refractivity (Wildman–Crippen MR) is 120 cm³/mol. The Hall–Kier alpha value is -2.49. The number of pyridine rings is 1. The van der Waals surface area contributed by atoms with E-state index in [1.165, 1.54) is 28.7 Å². The van der Waals surface area contributed by atoms with Gasteiger partial charge in [0.15, 0.2) is 0 Å². The fourth-order valence-electron chi connectivity index (χ4n) is 3.16. The average Bonchev–Trinajstić information content (AvgIpc) is 2.73. The molecule has 0 fully saturated rings. The van der Waals surface area contributed by atoms with Crippen molar-refractivity contribution in [1.29, 1.82) is 0 Å². The molecule has 3 rings (SSSR count). The number of carbonyl (C=O) groups is 1. The van der Waals surface area contributed by atoms with E-state index in [1.807, 2.05) is 24.3 Å². The molecular weight excluding hydrogens is 470 g/mol. The Labute approximate surface area is 183 Å². The molecule has 0 atom stereocenters. The number of halogens is 1. The lowest BCUT2D eigenvalue weighted by molar-refractivity contribution is 0.0949. The maximum absolute atomic E-state index is 12.9. The van der Waals surface area contributed by atoms with Crippen molar-refractivity contribution in [2.24, 2.45) is 0 Å². The normalized spacial score (nSPS) is 11.7. The fraction of sp³-hybridized carbons (Fsp3) is 0.238. The summed E-state index contributed by atoms with van der Waals surface area (Å²) in [5.41, 5.74) is 0.742. The van der Waals surface area contributed by atoms with Gasteiger partial charge in [-0.15, -0.1) is 0 Å². The van der Waals surface area contributed by atoms with Gasteiger partial charge in [-0.1, -0.05) is 41.9 Å². The standard InChI is InChI=1S/C21H22BrN3O4S/c1-3-25(4-2)30(28,29)16-8-9-19-17(11-16)20(26)18(13-23-19)21(27)24-12-14-6-5-7-15(22)10-14/h5-11,13H,3-4,12H2,1-2H3,(H,23,26)(H,24,27). The minimum Gasteiger partial charge on any atom is -0.360 e. The Morgan fingerprint density at radius 1 is 1.13 bits per heavy atom. The molecule has 0 aliphatic heterocycles. The zero-order valence-corrected chi connectivity index (χ0v) is 19.0. The van der Waals surface area contributed by atoms with Crippen LogP contribution in [0, 0.1) is 0 Å². The van der Waals surface area contributed by atoms with Gasteiger partial charge in [0.2, 0.25) is 15.5 Å². The lowest BCUT2D eigenvalue weighted by Crippen LogP contribution is -2.31. The van der Waals surface area contributed by atoms with Crippen molar-refractivity contribution in [3.63, 3.8) is 0 Å². The summed E-state index contributed by atoms with van der Waals surface area (Å²) in [7, 11) is -3.72. The number of sulfonamides is 1. The monoisotopic (exact) mass is 491 g/mol. The van der Waals surface area contributed by atoms with Crippen LogP contribution in [0.4, 0.5) is 0 Å². The minimum absolute atomic E-state index is 0.0240. The number of nitrogens with one attached hydrogen (secondary N) is 2. The van der Waals surface area contributed by atoms with Crippen LogP contribution in [0.3, 0.4) is 0 Å². The molecule has 158 valence electrons. The van der Waals surface area contributed by atoms with Gasteiger partial charge >= 0.3 is 0 Å². The van der Waals surface area contributed by atoms with Gasteiger partial charge in [-0.3, -0.25) is 9.59 Å². The molecule has 0 bridgehead atoms. The zero-order valence-electron chi connectivity index (χ0n) is 16.6. The van der Waals surface area contributed by atoms with Crippen molar-refractivity contribution >= 4 is 42.8 Å². The smallest absolute Gasteiger partial charge is 0.257 e. The van der Waals surface area contributed by atoms with E-state index in [9.17, 15) is 18.0 Å². The van der Waals surface area contributed by atoms with Crippen LogP contribution < -0.4 is 10.7 Å². The van der Waals surface area contributed by atoms with E-state index in [1.54, 1.807) is 13.8 Å². The predicted octanol–water partition coefficient (Wildman–Crippen LogP) is 3.25. The molecule has 30 heavy (non-hydrogen) atoms. The van der Waals surface area contributed by atoms with Crippen LogP contribution in [0.25, 0.3) is 10.9 Å². The number of H-pyrrole nitrogens is 1. The van der Waals surface area contributed by atoms with Crippen molar-refractivity contribution in [3.8, 4) is 0 Å². The van der Waals surface area contributed by atoms with Crippen LogP contribution in [0.15, 0.2) is 62.8 Å². The van der Waals surface area contributed by atoms with Crippen molar-refractivity contribution < 1.29 is 13.2 Å². The van der Waals surface area contributed by atoms with E-state index >= 15 is 0 Å². The Bertz CT molecular complexity index is 1250. The number of rotatable bonds is 7. The Morgan fingerprint density at radius 3 is 2.53 bits per heavy atom. The van der Waals surface area contributed by atoms with Crippen LogP contribution in [0.1, 0.15) is 29.8 Å². The molecule has 2 N–H and O–H groups in total. The molecule has 1 aromatic heterocycles. The molecule has 0 spiro atoms. The lowest BCUT2D eigenvalue weighted by atomic mass is 10.1. The Morgan fingerprint density at radius 2 is 1.87 bits per heavy atom. The first-order chi connectivity index (χ1) is 14.3. The summed E-state index contributed by atoms with van der Waals surface area (Å²) in [6.45, 7) is 4.41. The molecule has 7 nitrogen and oxygen atoms in total. The van der Waals surface area contributed by atoms with Crippen molar-refractivity contribution in [1.82, 2.24) is 14.6 Å². The molecule has 0 aliphatic rings. The minimum atomic E-state index is -3.72. The summed E-state index contributed by atoms with van der Waals surface area (Å²) < 4.78 is 27.8. The fourth-order valence-corrected chi connectivity index (χ4v) is 5.10. The average molecular weight is 492 g/mol. The Balaban J connectivity index is 1.94.